The molecule has 1 atom stereocenters. The highest BCUT2D eigenvalue weighted by atomic mass is 16.5. The Hall–Kier alpha value is -1.29. The molecule has 0 spiro atoms. The number of aromatic nitrogens is 1. The van der Waals surface area contributed by atoms with Gasteiger partial charge in [-0.1, -0.05) is 0 Å². The van der Waals surface area contributed by atoms with E-state index in [-0.39, 0.29) is 0 Å². The highest BCUT2D eigenvalue weighted by Gasteiger charge is 2.22. The molecule has 0 amide bonds. The summed E-state index contributed by atoms with van der Waals surface area (Å²) in [6.07, 6.45) is 4.92. The second kappa shape index (κ2) is 3.84. The van der Waals surface area contributed by atoms with Crippen LogP contribution in [0.3, 0.4) is 0 Å². The Bertz CT molecular complexity index is 316. The minimum absolute atomic E-state index is 0.344. The predicted molar refractivity (Wildman–Crippen MR) is 56.3 cm³/mol. The zero-order valence-electron chi connectivity index (χ0n) is 8.31. The van der Waals surface area contributed by atoms with Crippen LogP contribution in [0.2, 0.25) is 0 Å². The number of methoxy groups -OCH3 is 1. The number of nitrogen functional groups attached to an aromatic ring is 1. The quantitative estimate of drug-likeness (QED) is 0.757. The summed E-state index contributed by atoms with van der Waals surface area (Å²) in [5.41, 5.74) is 7.47. The molecule has 0 bridgehead atoms. The zero-order valence-corrected chi connectivity index (χ0v) is 8.31. The molecule has 0 saturated carbocycles. The van der Waals surface area contributed by atoms with E-state index in [2.05, 4.69) is 9.88 Å². The monoisotopic (exact) mass is 193 g/mol. The number of nitrogens with two attached hydrogens (primary N) is 1. The average molecular weight is 193 g/mol. The van der Waals surface area contributed by atoms with Crippen LogP contribution >= 0.6 is 0 Å². The minimum atomic E-state index is 0.344. The van der Waals surface area contributed by atoms with Crippen molar-refractivity contribution in [1.29, 1.82) is 0 Å². The third-order valence-corrected chi connectivity index (χ3v) is 2.59. The molecule has 1 aliphatic heterocycles. The average Bonchev–Trinajstić information content (AvgIpc) is 2.66. The summed E-state index contributed by atoms with van der Waals surface area (Å²) >= 11 is 0. The summed E-state index contributed by atoms with van der Waals surface area (Å²) in [5, 5.41) is 0. The maximum atomic E-state index is 5.67. The van der Waals surface area contributed by atoms with Gasteiger partial charge >= 0.3 is 0 Å². The van der Waals surface area contributed by atoms with Gasteiger partial charge in [-0.3, -0.25) is 4.98 Å². The first kappa shape index (κ1) is 9.27. The molecule has 76 valence electrons. The highest BCUT2D eigenvalue weighted by Crippen LogP contribution is 2.21. The van der Waals surface area contributed by atoms with E-state index in [9.17, 15) is 0 Å². The van der Waals surface area contributed by atoms with Crippen molar-refractivity contribution in [3.05, 3.63) is 18.5 Å². The maximum Gasteiger partial charge on any atom is 0.0762 e. The van der Waals surface area contributed by atoms with Gasteiger partial charge < -0.3 is 15.4 Å². The van der Waals surface area contributed by atoms with Crippen LogP contribution < -0.4 is 10.6 Å². The molecule has 4 heteroatoms. The Morgan fingerprint density at radius 1 is 1.57 bits per heavy atom. The van der Waals surface area contributed by atoms with Gasteiger partial charge in [-0.05, 0) is 12.5 Å². The lowest BCUT2D eigenvalue weighted by Crippen LogP contribution is -2.22. The second-order valence-electron chi connectivity index (χ2n) is 3.57. The summed E-state index contributed by atoms with van der Waals surface area (Å²) in [6, 6.07) is 1.95. The van der Waals surface area contributed by atoms with Crippen molar-refractivity contribution in [2.75, 3.05) is 30.8 Å². The predicted octanol–water partition coefficient (Wildman–Crippen LogP) is 0.889. The molecule has 2 rings (SSSR count). The lowest BCUT2D eigenvalue weighted by molar-refractivity contribution is 0.121. The number of ether oxygens (including phenoxy) is 1. The molecule has 1 unspecified atom stereocenters. The number of anilines is 2. The van der Waals surface area contributed by atoms with E-state index in [0.717, 1.165) is 25.2 Å². The first-order valence-electron chi connectivity index (χ1n) is 4.78. The fourth-order valence-electron chi connectivity index (χ4n) is 1.77. The van der Waals surface area contributed by atoms with Gasteiger partial charge in [0, 0.05) is 26.4 Å². The number of pyridine rings is 1. The molecular formula is C10H15N3O. The first-order valence-corrected chi connectivity index (χ1v) is 4.78. The smallest absolute Gasteiger partial charge is 0.0762 e. The molecule has 0 aliphatic carbocycles. The second-order valence-corrected chi connectivity index (χ2v) is 3.57. The fourth-order valence-corrected chi connectivity index (χ4v) is 1.77. The normalized spacial score (nSPS) is 21.5. The number of nitrogens with zero attached hydrogens (tertiary/aromatic N) is 2. The number of rotatable bonds is 2. The first-order chi connectivity index (χ1) is 6.79. The van der Waals surface area contributed by atoms with Crippen LogP contribution in [-0.4, -0.2) is 31.3 Å². The Labute approximate surface area is 83.7 Å². The summed E-state index contributed by atoms with van der Waals surface area (Å²) in [4.78, 5) is 6.32. The van der Waals surface area contributed by atoms with Gasteiger partial charge in [0.1, 0.15) is 0 Å². The maximum absolute atomic E-state index is 5.67. The van der Waals surface area contributed by atoms with Crippen molar-refractivity contribution in [2.45, 2.75) is 12.5 Å². The zero-order chi connectivity index (χ0) is 9.97. The molecular weight excluding hydrogens is 178 g/mol. The lowest BCUT2D eigenvalue weighted by atomic mass is 10.3. The molecule has 0 radical (unpaired) electrons. The van der Waals surface area contributed by atoms with Crippen molar-refractivity contribution in [3.8, 4) is 0 Å². The molecule has 14 heavy (non-hydrogen) atoms. The largest absolute Gasteiger partial charge is 0.397 e. The molecule has 2 heterocycles. The van der Waals surface area contributed by atoms with Crippen LogP contribution in [0.25, 0.3) is 0 Å². The third kappa shape index (κ3) is 1.80. The molecule has 1 aromatic rings. The Morgan fingerprint density at radius 2 is 2.43 bits per heavy atom. The molecule has 4 nitrogen and oxygen atoms in total. The molecule has 1 saturated heterocycles. The Balaban J connectivity index is 2.09. The number of hydrogen-bond donors (Lipinski definition) is 1. The van der Waals surface area contributed by atoms with Gasteiger partial charge in [-0.25, -0.2) is 0 Å². The minimum Gasteiger partial charge on any atom is -0.397 e. The topological polar surface area (TPSA) is 51.4 Å². The SMILES string of the molecule is COC1CCN(c2cncc(N)c2)C1. The van der Waals surface area contributed by atoms with E-state index in [0.29, 0.717) is 11.8 Å². The van der Waals surface area contributed by atoms with Crippen LogP contribution in [0, 0.1) is 0 Å². The van der Waals surface area contributed by atoms with E-state index in [4.69, 9.17) is 10.5 Å². The summed E-state index contributed by atoms with van der Waals surface area (Å²) in [6.45, 7) is 1.95. The van der Waals surface area contributed by atoms with E-state index in [1.54, 1.807) is 13.3 Å². The lowest BCUT2D eigenvalue weighted by Gasteiger charge is -2.17. The summed E-state index contributed by atoms with van der Waals surface area (Å²) in [5.74, 6) is 0. The van der Waals surface area contributed by atoms with Gasteiger partial charge in [0.15, 0.2) is 0 Å². The standard InChI is InChI=1S/C10H15N3O/c1-14-10-2-3-13(7-10)9-4-8(11)5-12-6-9/h4-6,10H,2-3,7,11H2,1H3. The van der Waals surface area contributed by atoms with Crippen molar-refractivity contribution in [3.63, 3.8) is 0 Å². The van der Waals surface area contributed by atoms with Crippen LogP contribution in [0.5, 0.6) is 0 Å². The van der Waals surface area contributed by atoms with Crippen molar-refractivity contribution >= 4 is 11.4 Å². The van der Waals surface area contributed by atoms with Gasteiger partial charge in [0.05, 0.1) is 23.7 Å². The van der Waals surface area contributed by atoms with E-state index in [1.807, 2.05) is 12.3 Å². The van der Waals surface area contributed by atoms with Gasteiger partial charge in [-0.15, -0.1) is 0 Å². The van der Waals surface area contributed by atoms with Crippen molar-refractivity contribution < 1.29 is 4.74 Å². The van der Waals surface area contributed by atoms with Crippen molar-refractivity contribution in [2.24, 2.45) is 0 Å². The van der Waals surface area contributed by atoms with E-state index >= 15 is 0 Å². The van der Waals surface area contributed by atoms with Crippen molar-refractivity contribution in [1.82, 2.24) is 4.98 Å². The molecule has 1 aromatic heterocycles. The van der Waals surface area contributed by atoms with Crippen LogP contribution in [0.15, 0.2) is 18.5 Å². The molecule has 1 aliphatic rings. The van der Waals surface area contributed by atoms with Crippen LogP contribution in [0.1, 0.15) is 6.42 Å². The van der Waals surface area contributed by atoms with E-state index < -0.39 is 0 Å². The Kier molecular flexibility index (Phi) is 2.54. The summed E-state index contributed by atoms with van der Waals surface area (Å²) < 4.78 is 5.30. The molecule has 2 N–H and O–H groups in total. The third-order valence-electron chi connectivity index (χ3n) is 2.59. The van der Waals surface area contributed by atoms with Gasteiger partial charge in [0.25, 0.3) is 0 Å². The van der Waals surface area contributed by atoms with Crippen LogP contribution in [0.4, 0.5) is 11.4 Å². The van der Waals surface area contributed by atoms with Gasteiger partial charge in [-0.2, -0.15) is 0 Å². The highest BCUT2D eigenvalue weighted by molar-refractivity contribution is 5.53. The van der Waals surface area contributed by atoms with E-state index in [1.165, 1.54) is 0 Å². The Morgan fingerprint density at radius 3 is 3.07 bits per heavy atom. The van der Waals surface area contributed by atoms with Gasteiger partial charge in [0.2, 0.25) is 0 Å². The number of hydrogen-bond acceptors (Lipinski definition) is 4. The molecule has 0 aromatic carbocycles. The fraction of sp³-hybridized carbons (Fsp3) is 0.500. The molecule has 1 fully saturated rings. The summed E-state index contributed by atoms with van der Waals surface area (Å²) in [7, 11) is 1.76. The van der Waals surface area contributed by atoms with Crippen LogP contribution in [-0.2, 0) is 4.74 Å².